The van der Waals surface area contributed by atoms with Gasteiger partial charge >= 0.3 is 12.1 Å². The van der Waals surface area contributed by atoms with Crippen LogP contribution in [0.4, 0.5) is 4.79 Å². The van der Waals surface area contributed by atoms with Crippen molar-refractivity contribution in [2.75, 3.05) is 19.9 Å². The highest BCUT2D eigenvalue weighted by Crippen LogP contribution is 2.47. The summed E-state index contributed by atoms with van der Waals surface area (Å²) >= 11 is 0. The minimum absolute atomic E-state index is 0.123. The van der Waals surface area contributed by atoms with Crippen LogP contribution in [0.1, 0.15) is 81.8 Å². The summed E-state index contributed by atoms with van der Waals surface area (Å²) < 4.78 is 24.9. The zero-order valence-corrected chi connectivity index (χ0v) is 23.4. The van der Waals surface area contributed by atoms with Crippen molar-refractivity contribution >= 4 is 12.1 Å². The molecule has 1 aliphatic carbocycles. The number of quaternary nitrogens is 1. The van der Waals surface area contributed by atoms with Crippen LogP contribution in [0, 0.1) is 0 Å². The van der Waals surface area contributed by atoms with Crippen molar-refractivity contribution in [1.29, 1.82) is 0 Å². The molecule has 7 nitrogen and oxygen atoms in total. The second kappa shape index (κ2) is 11.9. The normalized spacial score (nSPS) is 25.9. The summed E-state index contributed by atoms with van der Waals surface area (Å²) in [5.41, 5.74) is -0.307. The fourth-order valence-electron chi connectivity index (χ4n) is 8.03. The second-order valence-corrected chi connectivity index (χ2v) is 12.1. The molecular weight excluding hydrogens is 506 g/mol. The minimum atomic E-state index is -1.58. The number of carbonyl (C=O) groups is 2. The Morgan fingerprint density at radius 3 is 1.85 bits per heavy atom. The number of benzene rings is 2. The first-order valence-corrected chi connectivity index (χ1v) is 15.3. The number of hydrogen-bond donors (Lipinski definition) is 0. The lowest BCUT2D eigenvalue weighted by Gasteiger charge is -2.47. The van der Waals surface area contributed by atoms with E-state index in [1.807, 2.05) is 60.7 Å². The molecule has 2 unspecified atom stereocenters. The van der Waals surface area contributed by atoms with Crippen molar-refractivity contribution in [3.63, 3.8) is 0 Å². The summed E-state index contributed by atoms with van der Waals surface area (Å²) in [5, 5.41) is 0. The third kappa shape index (κ3) is 5.26. The van der Waals surface area contributed by atoms with E-state index in [1.165, 1.54) is 49.7 Å². The number of ether oxygens (including phenoxy) is 4. The topological polar surface area (TPSA) is 71.1 Å². The molecule has 3 heterocycles. The van der Waals surface area contributed by atoms with Gasteiger partial charge in [-0.2, -0.15) is 0 Å². The maximum atomic E-state index is 14.3. The van der Waals surface area contributed by atoms with E-state index in [0.717, 1.165) is 38.5 Å². The van der Waals surface area contributed by atoms with E-state index in [2.05, 4.69) is 0 Å². The van der Waals surface area contributed by atoms with Gasteiger partial charge in [-0.25, -0.2) is 9.59 Å². The van der Waals surface area contributed by atoms with Gasteiger partial charge in [0.05, 0.1) is 25.2 Å². The first-order chi connectivity index (χ1) is 19.6. The zero-order chi connectivity index (χ0) is 27.4. The molecule has 2 aromatic rings. The monoisotopic (exact) mass is 548 g/mol. The fraction of sp³-hybridized carbons (Fsp3) is 0.576. The third-order valence-corrected chi connectivity index (χ3v) is 9.95. The van der Waals surface area contributed by atoms with E-state index >= 15 is 0 Å². The Bertz CT molecular complexity index is 1090. The van der Waals surface area contributed by atoms with Gasteiger partial charge in [0, 0.05) is 38.5 Å². The predicted molar refractivity (Wildman–Crippen MR) is 149 cm³/mol. The van der Waals surface area contributed by atoms with Crippen LogP contribution in [0.3, 0.4) is 0 Å². The minimum Gasteiger partial charge on any atom is -0.459 e. The van der Waals surface area contributed by atoms with E-state index in [9.17, 15) is 9.59 Å². The highest BCUT2D eigenvalue weighted by atomic mass is 16.8. The van der Waals surface area contributed by atoms with Crippen LogP contribution in [0.25, 0.3) is 0 Å². The highest BCUT2D eigenvalue weighted by molar-refractivity contribution is 5.86. The maximum absolute atomic E-state index is 14.3. The summed E-state index contributed by atoms with van der Waals surface area (Å²) in [7, 11) is 0. The van der Waals surface area contributed by atoms with Gasteiger partial charge in [0.2, 0.25) is 5.60 Å². The molecule has 1 spiro atoms. The van der Waals surface area contributed by atoms with Crippen molar-refractivity contribution in [2.45, 2.75) is 101 Å². The smallest absolute Gasteiger partial charge is 0.459 e. The van der Waals surface area contributed by atoms with Crippen molar-refractivity contribution < 1.29 is 33.0 Å². The molecule has 6 rings (SSSR count). The molecule has 0 aromatic heterocycles. The SMILES string of the molecule is O=C(OCOC(C(=O)OC1CC2CCC(C1)[N+]21CCCC1)(c1ccccc1)c1ccccc1)OC1CCCCC1. The quantitative estimate of drug-likeness (QED) is 0.221. The number of nitrogens with zero attached hydrogens (tertiary/aromatic N) is 1. The molecule has 0 radical (unpaired) electrons. The summed E-state index contributed by atoms with van der Waals surface area (Å²) in [4.78, 5) is 26.9. The van der Waals surface area contributed by atoms with E-state index < -0.39 is 24.5 Å². The highest BCUT2D eigenvalue weighted by Gasteiger charge is 2.57. The van der Waals surface area contributed by atoms with Gasteiger partial charge in [0.15, 0.2) is 6.79 Å². The van der Waals surface area contributed by atoms with Crippen LogP contribution in [0.2, 0.25) is 0 Å². The van der Waals surface area contributed by atoms with Crippen LogP contribution in [-0.4, -0.2) is 60.8 Å². The lowest BCUT2D eigenvalue weighted by atomic mass is 9.85. The Hall–Kier alpha value is -2.90. The summed E-state index contributed by atoms with van der Waals surface area (Å²) in [6.45, 7) is 2.11. The molecule has 2 aromatic carbocycles. The average molecular weight is 549 g/mol. The van der Waals surface area contributed by atoms with Gasteiger partial charge in [0.1, 0.15) is 12.2 Å². The Morgan fingerprint density at radius 2 is 1.27 bits per heavy atom. The Balaban J connectivity index is 1.22. The molecule has 3 aliphatic heterocycles. The lowest BCUT2D eigenvalue weighted by molar-refractivity contribution is -0.956. The second-order valence-electron chi connectivity index (χ2n) is 12.1. The van der Waals surface area contributed by atoms with Crippen LogP contribution in [0.5, 0.6) is 0 Å². The van der Waals surface area contributed by atoms with Crippen molar-refractivity contribution in [2.24, 2.45) is 0 Å². The van der Waals surface area contributed by atoms with Crippen LogP contribution >= 0.6 is 0 Å². The molecule has 7 heteroatoms. The van der Waals surface area contributed by atoms with Crippen LogP contribution in [0.15, 0.2) is 60.7 Å². The molecule has 2 atom stereocenters. The van der Waals surface area contributed by atoms with E-state index in [1.54, 1.807) is 0 Å². The zero-order valence-electron chi connectivity index (χ0n) is 23.4. The van der Waals surface area contributed by atoms with Crippen LogP contribution in [-0.2, 0) is 29.3 Å². The first kappa shape index (κ1) is 27.3. The first-order valence-electron chi connectivity index (χ1n) is 15.3. The number of esters is 1. The number of hydrogen-bond acceptors (Lipinski definition) is 6. The molecule has 4 aliphatic rings. The summed E-state index contributed by atoms with van der Waals surface area (Å²) in [5.74, 6) is -0.464. The fourth-order valence-corrected chi connectivity index (χ4v) is 8.03. The average Bonchev–Trinajstić information content (AvgIpc) is 3.53. The predicted octanol–water partition coefficient (Wildman–Crippen LogP) is 6.24. The molecule has 214 valence electrons. The number of rotatable bonds is 8. The van der Waals surface area contributed by atoms with Crippen molar-refractivity contribution in [1.82, 2.24) is 0 Å². The largest absolute Gasteiger partial charge is 0.510 e. The van der Waals surface area contributed by atoms with Gasteiger partial charge in [-0.1, -0.05) is 67.1 Å². The van der Waals surface area contributed by atoms with Crippen molar-refractivity contribution in [3.05, 3.63) is 71.8 Å². The van der Waals surface area contributed by atoms with Crippen molar-refractivity contribution in [3.8, 4) is 0 Å². The Labute approximate surface area is 237 Å². The van der Waals surface area contributed by atoms with Gasteiger partial charge < -0.3 is 23.4 Å². The molecule has 1 saturated carbocycles. The molecule has 3 saturated heterocycles. The standard InChI is InChI=1S/C33H42NO6/c35-31(39-30-22-27-18-19-28(23-30)34(27)20-10-11-21-34)33(25-12-4-1-5-13-25,26-14-6-2-7-15-26)38-24-37-32(36)40-29-16-8-3-9-17-29/h1-2,4-7,12-15,27-30H,3,8-11,16-24H2/q+1. The van der Waals surface area contributed by atoms with Gasteiger partial charge in [-0.3, -0.25) is 0 Å². The summed E-state index contributed by atoms with van der Waals surface area (Å²) in [6, 6.07) is 19.9. The van der Waals surface area contributed by atoms with Gasteiger partial charge in [-0.05, 0) is 36.8 Å². The molecule has 0 amide bonds. The lowest BCUT2D eigenvalue weighted by Crippen LogP contribution is -2.60. The summed E-state index contributed by atoms with van der Waals surface area (Å²) in [6.07, 6.45) is 10.8. The Kier molecular flexibility index (Phi) is 8.12. The van der Waals surface area contributed by atoms with Crippen LogP contribution < -0.4 is 0 Å². The number of carbonyl (C=O) groups excluding carboxylic acids is 2. The van der Waals surface area contributed by atoms with Gasteiger partial charge in [-0.15, -0.1) is 0 Å². The molecule has 0 N–H and O–H groups in total. The third-order valence-electron chi connectivity index (χ3n) is 9.95. The van der Waals surface area contributed by atoms with Gasteiger partial charge in [0.25, 0.3) is 0 Å². The molecule has 2 bridgehead atoms. The molecule has 4 fully saturated rings. The molecule has 40 heavy (non-hydrogen) atoms. The number of piperidine rings is 1. The maximum Gasteiger partial charge on any atom is 0.510 e. The van der Waals surface area contributed by atoms with E-state index in [4.69, 9.17) is 18.9 Å². The van der Waals surface area contributed by atoms with E-state index in [-0.39, 0.29) is 12.2 Å². The Morgan fingerprint density at radius 1 is 0.700 bits per heavy atom. The van der Waals surface area contributed by atoms with E-state index in [0.29, 0.717) is 23.2 Å². The molecular formula is C33H42NO6+.